The number of carbonyl (C=O) groups is 2. The van der Waals surface area contributed by atoms with Crippen molar-refractivity contribution >= 4 is 23.6 Å². The Morgan fingerprint density at radius 3 is 2.81 bits per heavy atom. The average Bonchev–Trinajstić information content (AvgIpc) is 2.66. The fourth-order valence-corrected chi connectivity index (χ4v) is 2.52. The van der Waals surface area contributed by atoms with Gasteiger partial charge in [0.2, 0.25) is 0 Å². The molecule has 2 N–H and O–H groups in total. The van der Waals surface area contributed by atoms with Crippen LogP contribution in [0.4, 0.5) is 5.69 Å². The van der Waals surface area contributed by atoms with E-state index >= 15 is 0 Å². The van der Waals surface area contributed by atoms with Crippen LogP contribution >= 0.6 is 0 Å². The maximum atomic E-state index is 12.3. The van der Waals surface area contributed by atoms with Crippen molar-refractivity contribution in [3.05, 3.63) is 65.4 Å². The van der Waals surface area contributed by atoms with Gasteiger partial charge in [0.15, 0.2) is 11.5 Å². The lowest BCUT2D eigenvalue weighted by Crippen LogP contribution is -2.27. The third-order valence-electron chi connectivity index (χ3n) is 3.84. The first-order valence-corrected chi connectivity index (χ1v) is 8.34. The lowest BCUT2D eigenvalue weighted by atomic mass is 10.1. The minimum Gasteiger partial charge on any atom is -0.449 e. The summed E-state index contributed by atoms with van der Waals surface area (Å²) in [4.78, 5) is 24.4. The highest BCUT2D eigenvalue weighted by molar-refractivity contribution is 6.09. The number of rotatable bonds is 6. The summed E-state index contributed by atoms with van der Waals surface area (Å²) in [6.45, 7) is 1.11. The molecule has 0 radical (unpaired) electrons. The van der Waals surface area contributed by atoms with Crippen LogP contribution in [0.2, 0.25) is 0 Å². The summed E-state index contributed by atoms with van der Waals surface area (Å²) >= 11 is 0. The number of methoxy groups -OCH3 is 1. The van der Waals surface area contributed by atoms with E-state index in [1.165, 1.54) is 0 Å². The number of carbonyl (C=O) groups excluding carboxylic acids is 2. The van der Waals surface area contributed by atoms with E-state index in [0.717, 1.165) is 12.0 Å². The van der Waals surface area contributed by atoms with Gasteiger partial charge < -0.3 is 20.1 Å². The summed E-state index contributed by atoms with van der Waals surface area (Å²) in [6.07, 6.45) is 2.41. The van der Waals surface area contributed by atoms with E-state index in [0.29, 0.717) is 30.2 Å². The SMILES string of the molecule is COCCCNC(=O)c1ccc2c(c1)NC(=O)C(=Cc1ccccc1)O2. The quantitative estimate of drug-likeness (QED) is 0.619. The first-order valence-electron chi connectivity index (χ1n) is 8.34. The zero-order chi connectivity index (χ0) is 18.4. The minimum atomic E-state index is -0.348. The molecule has 6 heteroatoms. The summed E-state index contributed by atoms with van der Waals surface area (Å²) < 4.78 is 10.6. The van der Waals surface area contributed by atoms with E-state index < -0.39 is 0 Å². The molecular formula is C20H20N2O4. The van der Waals surface area contributed by atoms with E-state index in [2.05, 4.69) is 10.6 Å². The number of amides is 2. The summed E-state index contributed by atoms with van der Waals surface area (Å²) in [6, 6.07) is 14.4. The Morgan fingerprint density at radius 2 is 2.04 bits per heavy atom. The summed E-state index contributed by atoms with van der Waals surface area (Å²) in [5.74, 6) is 0.158. The maximum absolute atomic E-state index is 12.3. The van der Waals surface area contributed by atoms with E-state index in [-0.39, 0.29) is 17.6 Å². The van der Waals surface area contributed by atoms with E-state index in [1.54, 1.807) is 31.4 Å². The molecule has 2 amide bonds. The number of hydrogen-bond acceptors (Lipinski definition) is 4. The zero-order valence-corrected chi connectivity index (χ0v) is 14.5. The molecule has 0 atom stereocenters. The van der Waals surface area contributed by atoms with Gasteiger partial charge in [0, 0.05) is 25.8 Å². The minimum absolute atomic E-state index is 0.205. The number of ether oxygens (including phenoxy) is 2. The average molecular weight is 352 g/mol. The van der Waals surface area contributed by atoms with Gasteiger partial charge >= 0.3 is 0 Å². The molecule has 1 aliphatic rings. The number of anilines is 1. The number of benzene rings is 2. The molecule has 0 saturated heterocycles. The highest BCUT2D eigenvalue weighted by atomic mass is 16.5. The van der Waals surface area contributed by atoms with Gasteiger partial charge in [0.1, 0.15) is 0 Å². The molecule has 2 aromatic carbocycles. The third-order valence-corrected chi connectivity index (χ3v) is 3.84. The molecule has 0 spiro atoms. The van der Waals surface area contributed by atoms with Crippen LogP contribution in [-0.4, -0.2) is 32.1 Å². The lowest BCUT2D eigenvalue weighted by molar-refractivity contribution is -0.115. The highest BCUT2D eigenvalue weighted by Gasteiger charge is 2.23. The van der Waals surface area contributed by atoms with Gasteiger partial charge in [-0.2, -0.15) is 0 Å². The van der Waals surface area contributed by atoms with Gasteiger partial charge in [-0.3, -0.25) is 9.59 Å². The van der Waals surface area contributed by atoms with Crippen LogP contribution < -0.4 is 15.4 Å². The molecule has 0 fully saturated rings. The molecule has 1 aliphatic heterocycles. The van der Waals surface area contributed by atoms with Crippen molar-refractivity contribution in [3.63, 3.8) is 0 Å². The summed E-state index contributed by atoms with van der Waals surface area (Å²) in [5, 5.41) is 5.58. The van der Waals surface area contributed by atoms with Crippen molar-refractivity contribution in [2.75, 3.05) is 25.6 Å². The first-order chi connectivity index (χ1) is 12.7. The Bertz CT molecular complexity index is 831. The Kier molecular flexibility index (Phi) is 5.66. The second-order valence-corrected chi connectivity index (χ2v) is 5.79. The largest absolute Gasteiger partial charge is 0.449 e. The van der Waals surface area contributed by atoms with Gasteiger partial charge in [-0.05, 0) is 36.3 Å². The number of nitrogens with one attached hydrogen (secondary N) is 2. The molecule has 6 nitrogen and oxygen atoms in total. The second-order valence-electron chi connectivity index (χ2n) is 5.79. The normalized spacial score (nSPS) is 14.3. The maximum Gasteiger partial charge on any atom is 0.291 e. The Morgan fingerprint density at radius 1 is 1.23 bits per heavy atom. The fourth-order valence-electron chi connectivity index (χ4n) is 2.52. The second kappa shape index (κ2) is 8.31. The standard InChI is InChI=1S/C20H20N2O4/c1-25-11-5-10-21-19(23)15-8-9-17-16(13-15)22-20(24)18(26-17)12-14-6-3-2-4-7-14/h2-4,6-9,12-13H,5,10-11H2,1H3,(H,21,23)(H,22,24). The summed E-state index contributed by atoms with van der Waals surface area (Å²) in [5.41, 5.74) is 1.80. The molecule has 1 heterocycles. The van der Waals surface area contributed by atoms with Gasteiger partial charge in [-0.25, -0.2) is 0 Å². The van der Waals surface area contributed by atoms with Gasteiger partial charge in [0.05, 0.1) is 5.69 Å². The first kappa shape index (κ1) is 17.7. The molecule has 0 bridgehead atoms. The van der Waals surface area contributed by atoms with Gasteiger partial charge in [-0.1, -0.05) is 30.3 Å². The van der Waals surface area contributed by atoms with E-state index in [9.17, 15) is 9.59 Å². The molecular weight excluding hydrogens is 332 g/mol. The molecule has 3 rings (SSSR count). The van der Waals surface area contributed by atoms with Crippen molar-refractivity contribution in [3.8, 4) is 5.75 Å². The van der Waals surface area contributed by atoms with Crippen LogP contribution in [0.1, 0.15) is 22.3 Å². The van der Waals surface area contributed by atoms with Crippen molar-refractivity contribution in [2.45, 2.75) is 6.42 Å². The highest BCUT2D eigenvalue weighted by Crippen LogP contribution is 2.32. The van der Waals surface area contributed by atoms with Crippen molar-refractivity contribution in [1.29, 1.82) is 0 Å². The molecule has 2 aromatic rings. The topological polar surface area (TPSA) is 76.7 Å². The molecule has 0 aromatic heterocycles. The van der Waals surface area contributed by atoms with E-state index in [4.69, 9.17) is 9.47 Å². The molecule has 0 saturated carbocycles. The van der Waals surface area contributed by atoms with Gasteiger partial charge in [-0.15, -0.1) is 0 Å². The van der Waals surface area contributed by atoms with Gasteiger partial charge in [0.25, 0.3) is 11.8 Å². The Balaban J connectivity index is 1.72. The smallest absolute Gasteiger partial charge is 0.291 e. The van der Waals surface area contributed by atoms with Crippen molar-refractivity contribution in [1.82, 2.24) is 5.32 Å². The van der Waals surface area contributed by atoms with Crippen LogP contribution in [0.15, 0.2) is 54.3 Å². The third kappa shape index (κ3) is 4.29. The van der Waals surface area contributed by atoms with Crippen LogP contribution in [0.5, 0.6) is 5.75 Å². The summed E-state index contributed by atoms with van der Waals surface area (Å²) in [7, 11) is 1.62. The van der Waals surface area contributed by atoms with Crippen LogP contribution in [0.25, 0.3) is 6.08 Å². The lowest BCUT2D eigenvalue weighted by Gasteiger charge is -2.20. The van der Waals surface area contributed by atoms with Crippen molar-refractivity contribution < 1.29 is 19.1 Å². The van der Waals surface area contributed by atoms with Crippen molar-refractivity contribution in [2.24, 2.45) is 0 Å². The van der Waals surface area contributed by atoms with Crippen LogP contribution in [-0.2, 0) is 9.53 Å². The number of fused-ring (bicyclic) bond motifs is 1. The zero-order valence-electron chi connectivity index (χ0n) is 14.5. The molecule has 0 aliphatic carbocycles. The Labute approximate surface area is 151 Å². The number of hydrogen-bond donors (Lipinski definition) is 2. The Hall–Kier alpha value is -3.12. The fraction of sp³-hybridized carbons (Fsp3) is 0.200. The molecule has 26 heavy (non-hydrogen) atoms. The monoisotopic (exact) mass is 352 g/mol. The molecule has 134 valence electrons. The predicted molar refractivity (Wildman–Crippen MR) is 98.9 cm³/mol. The van der Waals surface area contributed by atoms with Crippen LogP contribution in [0, 0.1) is 0 Å². The van der Waals surface area contributed by atoms with Crippen LogP contribution in [0.3, 0.4) is 0 Å². The molecule has 0 unspecified atom stereocenters. The predicted octanol–water partition coefficient (Wildman–Crippen LogP) is 2.82. The van der Waals surface area contributed by atoms with E-state index in [1.807, 2.05) is 30.3 Å².